The van der Waals surface area contributed by atoms with Crippen LogP contribution in [-0.4, -0.2) is 35.3 Å². The highest BCUT2D eigenvalue weighted by Crippen LogP contribution is 2.21. The molecule has 1 aromatic carbocycles. The second kappa shape index (κ2) is 7.05. The Bertz CT molecular complexity index is 485. The fourth-order valence-corrected chi connectivity index (χ4v) is 1.85. The number of benzene rings is 1. The third-order valence-electron chi connectivity index (χ3n) is 2.07. The van der Waals surface area contributed by atoms with Crippen LogP contribution in [0, 0.1) is 11.6 Å². The maximum absolute atomic E-state index is 13.2. The van der Waals surface area contributed by atoms with E-state index in [1.54, 1.807) is 0 Å². The van der Waals surface area contributed by atoms with Crippen molar-refractivity contribution < 1.29 is 23.5 Å². The summed E-state index contributed by atoms with van der Waals surface area (Å²) < 4.78 is 25.9. The van der Waals surface area contributed by atoms with E-state index in [4.69, 9.17) is 10.8 Å². The van der Waals surface area contributed by atoms with E-state index >= 15 is 0 Å². The molecule has 0 aromatic heterocycles. The molecule has 0 radical (unpaired) electrons. The zero-order chi connectivity index (χ0) is 14.4. The minimum atomic E-state index is -1.46. The molecule has 0 heterocycles. The first-order valence-electron chi connectivity index (χ1n) is 5.22. The lowest BCUT2D eigenvalue weighted by molar-refractivity contribution is -0.126. The molecule has 0 bridgehead atoms. The van der Waals surface area contributed by atoms with Gasteiger partial charge in [0, 0.05) is 11.0 Å². The Morgan fingerprint density at radius 1 is 1.42 bits per heavy atom. The number of amides is 2. The summed E-state index contributed by atoms with van der Waals surface area (Å²) in [5.74, 6) is -3.04. The Hall–Kier alpha value is -1.67. The molecule has 1 aromatic rings. The fourth-order valence-electron chi connectivity index (χ4n) is 1.10. The molecule has 0 fully saturated rings. The van der Waals surface area contributed by atoms with Crippen molar-refractivity contribution in [2.75, 3.05) is 12.3 Å². The van der Waals surface area contributed by atoms with Crippen molar-refractivity contribution in [3.63, 3.8) is 0 Å². The first-order chi connectivity index (χ1) is 8.90. The number of aliphatic hydroxyl groups excluding tert-OH is 1. The van der Waals surface area contributed by atoms with Gasteiger partial charge in [-0.1, -0.05) is 0 Å². The molecule has 0 saturated heterocycles. The van der Waals surface area contributed by atoms with Gasteiger partial charge in [0.2, 0.25) is 11.8 Å². The number of nitrogens with one attached hydrogen (secondary N) is 1. The van der Waals surface area contributed by atoms with E-state index in [9.17, 15) is 18.4 Å². The molecule has 2 amide bonds. The van der Waals surface area contributed by atoms with E-state index in [0.29, 0.717) is 0 Å². The van der Waals surface area contributed by atoms with Gasteiger partial charge in [0.1, 0.15) is 17.7 Å². The van der Waals surface area contributed by atoms with Crippen molar-refractivity contribution in [1.29, 1.82) is 0 Å². The van der Waals surface area contributed by atoms with Crippen LogP contribution in [0.3, 0.4) is 0 Å². The highest BCUT2D eigenvalue weighted by atomic mass is 32.2. The van der Waals surface area contributed by atoms with Crippen molar-refractivity contribution in [1.82, 2.24) is 5.32 Å². The average Bonchev–Trinajstić information content (AvgIpc) is 2.34. The zero-order valence-corrected chi connectivity index (χ0v) is 10.5. The molecule has 5 nitrogen and oxygen atoms in total. The number of rotatable bonds is 6. The Morgan fingerprint density at radius 3 is 2.68 bits per heavy atom. The Labute approximate surface area is 112 Å². The summed E-state index contributed by atoms with van der Waals surface area (Å²) in [5.41, 5.74) is 4.79. The summed E-state index contributed by atoms with van der Waals surface area (Å²) in [7, 11) is 0. The van der Waals surface area contributed by atoms with Crippen LogP contribution in [0.5, 0.6) is 0 Å². The molecule has 1 atom stereocenters. The monoisotopic (exact) mass is 290 g/mol. The van der Waals surface area contributed by atoms with Gasteiger partial charge in [0.25, 0.3) is 0 Å². The number of carbonyl (C=O) groups is 2. The zero-order valence-electron chi connectivity index (χ0n) is 9.73. The van der Waals surface area contributed by atoms with Crippen molar-refractivity contribution in [3.05, 3.63) is 29.8 Å². The van der Waals surface area contributed by atoms with Gasteiger partial charge >= 0.3 is 0 Å². The van der Waals surface area contributed by atoms with Gasteiger partial charge in [-0.05, 0) is 12.1 Å². The van der Waals surface area contributed by atoms with E-state index in [-0.39, 0.29) is 17.2 Å². The minimum Gasteiger partial charge on any atom is -0.381 e. The molecule has 4 N–H and O–H groups in total. The topological polar surface area (TPSA) is 92.4 Å². The predicted octanol–water partition coefficient (Wildman–Crippen LogP) is 0.0193. The van der Waals surface area contributed by atoms with E-state index in [1.165, 1.54) is 6.07 Å². The van der Waals surface area contributed by atoms with Crippen molar-refractivity contribution >= 4 is 23.6 Å². The van der Waals surface area contributed by atoms with Crippen molar-refractivity contribution in [2.45, 2.75) is 11.0 Å². The third-order valence-corrected chi connectivity index (χ3v) is 3.12. The minimum absolute atomic E-state index is 0.131. The SMILES string of the molecule is NC(=O)C(O)CNC(=O)CSc1ccc(F)cc1F. The Morgan fingerprint density at radius 2 is 2.11 bits per heavy atom. The lowest BCUT2D eigenvalue weighted by atomic mass is 10.3. The van der Waals surface area contributed by atoms with Crippen LogP contribution in [0.25, 0.3) is 0 Å². The van der Waals surface area contributed by atoms with E-state index in [0.717, 1.165) is 23.9 Å². The largest absolute Gasteiger partial charge is 0.381 e. The van der Waals surface area contributed by atoms with Crippen molar-refractivity contribution in [2.24, 2.45) is 5.73 Å². The average molecular weight is 290 g/mol. The fraction of sp³-hybridized carbons (Fsp3) is 0.273. The summed E-state index contributed by atoms with van der Waals surface area (Å²) in [5, 5.41) is 11.3. The molecule has 0 aliphatic carbocycles. The number of aliphatic hydroxyl groups is 1. The lowest BCUT2D eigenvalue weighted by Gasteiger charge is -2.08. The molecule has 1 rings (SSSR count). The highest BCUT2D eigenvalue weighted by molar-refractivity contribution is 8.00. The van der Waals surface area contributed by atoms with E-state index in [2.05, 4.69) is 5.32 Å². The van der Waals surface area contributed by atoms with Crippen molar-refractivity contribution in [3.8, 4) is 0 Å². The predicted molar refractivity (Wildman–Crippen MR) is 65.3 cm³/mol. The van der Waals surface area contributed by atoms with Gasteiger partial charge in [0.15, 0.2) is 0 Å². The van der Waals surface area contributed by atoms with Crippen LogP contribution in [-0.2, 0) is 9.59 Å². The molecule has 0 aliphatic heterocycles. The summed E-state index contributed by atoms with van der Waals surface area (Å²) in [6.07, 6.45) is -1.46. The maximum atomic E-state index is 13.2. The number of carbonyl (C=O) groups excluding carboxylic acids is 2. The first kappa shape index (κ1) is 15.4. The molecule has 0 saturated carbocycles. The summed E-state index contributed by atoms with van der Waals surface area (Å²) in [4.78, 5) is 22.0. The van der Waals surface area contributed by atoms with Gasteiger partial charge in [-0.3, -0.25) is 9.59 Å². The molecular weight excluding hydrogens is 278 g/mol. The second-order valence-electron chi connectivity index (χ2n) is 3.59. The number of thioether (sulfide) groups is 1. The smallest absolute Gasteiger partial charge is 0.248 e. The number of nitrogens with two attached hydrogens (primary N) is 1. The van der Waals surface area contributed by atoms with Gasteiger partial charge in [-0.15, -0.1) is 11.8 Å². The Kier molecular flexibility index (Phi) is 5.71. The van der Waals surface area contributed by atoms with Gasteiger partial charge < -0.3 is 16.2 Å². The van der Waals surface area contributed by atoms with Crippen LogP contribution in [0.15, 0.2) is 23.1 Å². The molecule has 19 heavy (non-hydrogen) atoms. The van der Waals surface area contributed by atoms with E-state index < -0.39 is 29.6 Å². The first-order valence-corrected chi connectivity index (χ1v) is 6.20. The molecule has 0 aliphatic rings. The van der Waals surface area contributed by atoms with Crippen LogP contribution < -0.4 is 11.1 Å². The molecule has 0 spiro atoms. The maximum Gasteiger partial charge on any atom is 0.248 e. The number of primary amides is 1. The van der Waals surface area contributed by atoms with Crippen LogP contribution >= 0.6 is 11.8 Å². The quantitative estimate of drug-likeness (QED) is 0.644. The highest BCUT2D eigenvalue weighted by Gasteiger charge is 2.13. The van der Waals surface area contributed by atoms with Gasteiger partial charge in [-0.2, -0.15) is 0 Å². The Balaban J connectivity index is 2.40. The summed E-state index contributed by atoms with van der Waals surface area (Å²) in [6, 6.07) is 3.03. The molecular formula is C11H12F2N2O3S. The summed E-state index contributed by atoms with van der Waals surface area (Å²) in [6.45, 7) is -0.305. The second-order valence-corrected chi connectivity index (χ2v) is 4.60. The molecule has 1 unspecified atom stereocenters. The normalized spacial score (nSPS) is 11.9. The van der Waals surface area contributed by atoms with E-state index in [1.807, 2.05) is 0 Å². The lowest BCUT2D eigenvalue weighted by Crippen LogP contribution is -2.40. The van der Waals surface area contributed by atoms with Crippen LogP contribution in [0.4, 0.5) is 8.78 Å². The molecule has 104 valence electrons. The summed E-state index contributed by atoms with van der Waals surface area (Å²) >= 11 is 0.872. The van der Waals surface area contributed by atoms with Gasteiger partial charge in [0.05, 0.1) is 12.3 Å². The number of hydrogen-bond acceptors (Lipinski definition) is 4. The number of hydrogen-bond donors (Lipinski definition) is 3. The van der Waals surface area contributed by atoms with Crippen LogP contribution in [0.2, 0.25) is 0 Å². The third kappa shape index (κ3) is 5.23. The number of halogens is 2. The van der Waals surface area contributed by atoms with Crippen LogP contribution in [0.1, 0.15) is 0 Å². The van der Waals surface area contributed by atoms with Gasteiger partial charge in [-0.25, -0.2) is 8.78 Å². The standard InChI is InChI=1S/C11H12F2N2O3S/c12-6-1-2-9(7(13)3-6)19-5-10(17)15-4-8(16)11(14)18/h1-3,8,16H,4-5H2,(H2,14,18)(H,15,17). The molecule has 8 heteroatoms.